The van der Waals surface area contributed by atoms with Crippen molar-refractivity contribution in [3.63, 3.8) is 0 Å². The van der Waals surface area contributed by atoms with Crippen LogP contribution < -0.4 is 0 Å². The first-order valence-corrected chi connectivity index (χ1v) is 16.2. The molecule has 0 aliphatic heterocycles. The van der Waals surface area contributed by atoms with Crippen LogP contribution in [0, 0.1) is 13.8 Å². The Labute approximate surface area is 189 Å². The van der Waals surface area contributed by atoms with Crippen LogP contribution in [0.2, 0.25) is 0 Å². The fraction of sp³-hybridized carbons (Fsp3) is 0.400. The molecule has 0 saturated heterocycles. The Hall–Kier alpha value is -0.487. The van der Waals surface area contributed by atoms with E-state index in [4.69, 9.17) is 17.0 Å². The quantitative estimate of drug-likeness (QED) is 0.319. The third-order valence-corrected chi connectivity index (χ3v) is 5.41. The van der Waals surface area contributed by atoms with Gasteiger partial charge < -0.3 is 0 Å². The van der Waals surface area contributed by atoms with Crippen molar-refractivity contribution in [3.05, 3.63) is 64.7 Å². The van der Waals surface area contributed by atoms with E-state index in [0.29, 0.717) is 5.92 Å². The number of fused-ring (bicyclic) bond motifs is 1. The SMILES string of the molecule is CCC(C)c1cc2c(-c3cc(C)cc(C)c3)c(C(C)(C)C)ccc2[cH-]1.[Cl][Zr][Cl]. The third kappa shape index (κ3) is 5.56. The first kappa shape index (κ1) is 23.8. The van der Waals surface area contributed by atoms with Crippen molar-refractivity contribution in [2.75, 3.05) is 0 Å². The minimum absolute atomic E-state index is 0.120. The van der Waals surface area contributed by atoms with E-state index in [2.05, 4.69) is 90.9 Å². The molecule has 1 atom stereocenters. The first-order valence-electron chi connectivity index (χ1n) is 9.91. The summed E-state index contributed by atoms with van der Waals surface area (Å²) >= 11 is -0.826. The van der Waals surface area contributed by atoms with Crippen molar-refractivity contribution in [3.8, 4) is 11.1 Å². The van der Waals surface area contributed by atoms with Crippen molar-refractivity contribution in [2.45, 2.75) is 66.2 Å². The molecule has 0 aliphatic rings. The molecular weight excluding hydrogens is 462 g/mol. The van der Waals surface area contributed by atoms with Crippen molar-refractivity contribution in [1.82, 2.24) is 0 Å². The maximum absolute atomic E-state index is 4.93. The summed E-state index contributed by atoms with van der Waals surface area (Å²) in [6.07, 6.45) is 1.18. The van der Waals surface area contributed by atoms with E-state index >= 15 is 0 Å². The summed E-state index contributed by atoms with van der Waals surface area (Å²) in [6.45, 7) is 15.9. The summed E-state index contributed by atoms with van der Waals surface area (Å²) in [7, 11) is 9.87. The fourth-order valence-electron chi connectivity index (χ4n) is 3.88. The van der Waals surface area contributed by atoms with Crippen molar-refractivity contribution < 1.29 is 20.8 Å². The number of halogens is 2. The van der Waals surface area contributed by atoms with Crippen LogP contribution >= 0.6 is 17.0 Å². The van der Waals surface area contributed by atoms with Gasteiger partial charge in [-0.05, 0) is 30.7 Å². The molecule has 3 aromatic rings. The molecule has 28 heavy (non-hydrogen) atoms. The Bertz CT molecular complexity index is 911. The molecule has 0 N–H and O–H groups in total. The van der Waals surface area contributed by atoms with E-state index < -0.39 is 20.8 Å². The van der Waals surface area contributed by atoms with Gasteiger partial charge in [-0.3, -0.25) is 0 Å². The minimum atomic E-state index is -0.826. The molecule has 3 rings (SSSR count). The second kappa shape index (κ2) is 10.0. The molecule has 1 unspecified atom stereocenters. The molecule has 0 nitrogen and oxygen atoms in total. The maximum atomic E-state index is 4.93. The Balaban J connectivity index is 0.000000878. The second-order valence-electron chi connectivity index (χ2n) is 8.79. The van der Waals surface area contributed by atoms with Gasteiger partial charge in [-0.2, -0.15) is 6.07 Å². The van der Waals surface area contributed by atoms with E-state index in [0.717, 1.165) is 0 Å². The van der Waals surface area contributed by atoms with Gasteiger partial charge in [0.25, 0.3) is 0 Å². The van der Waals surface area contributed by atoms with Gasteiger partial charge in [0, 0.05) is 0 Å². The summed E-state index contributed by atoms with van der Waals surface area (Å²) in [5.74, 6) is 0.609. The number of aryl methyl sites for hydroxylation is 2. The average Bonchev–Trinajstić information content (AvgIpc) is 3.03. The molecule has 0 heterocycles. The van der Waals surface area contributed by atoms with Gasteiger partial charge in [0.15, 0.2) is 0 Å². The zero-order chi connectivity index (χ0) is 21.1. The van der Waals surface area contributed by atoms with E-state index in [1.165, 1.54) is 50.6 Å². The van der Waals surface area contributed by atoms with Gasteiger partial charge in [-0.15, -0.1) is 34.5 Å². The first-order chi connectivity index (χ1) is 13.1. The van der Waals surface area contributed by atoms with Crippen LogP contribution in [0.25, 0.3) is 21.9 Å². The molecule has 0 aliphatic carbocycles. The molecule has 0 fully saturated rings. The van der Waals surface area contributed by atoms with Gasteiger partial charge >= 0.3 is 37.9 Å². The van der Waals surface area contributed by atoms with Crippen LogP contribution in [-0.2, 0) is 26.3 Å². The zero-order valence-electron chi connectivity index (χ0n) is 18.1. The number of rotatable bonds is 3. The van der Waals surface area contributed by atoms with E-state index in [1.54, 1.807) is 0 Å². The third-order valence-electron chi connectivity index (χ3n) is 5.41. The summed E-state index contributed by atoms with van der Waals surface area (Å²) in [5, 5.41) is 2.78. The van der Waals surface area contributed by atoms with E-state index in [1.807, 2.05) is 0 Å². The Morgan fingerprint density at radius 1 is 1.00 bits per heavy atom. The molecular formula is C25H31Cl2Zr-. The normalized spacial score (nSPS) is 12.5. The predicted molar refractivity (Wildman–Crippen MR) is 124 cm³/mol. The number of hydrogen-bond donors (Lipinski definition) is 0. The molecule has 3 aromatic carbocycles. The fourth-order valence-corrected chi connectivity index (χ4v) is 3.88. The summed E-state index contributed by atoms with van der Waals surface area (Å²) < 4.78 is 0. The van der Waals surface area contributed by atoms with Gasteiger partial charge in [0.1, 0.15) is 0 Å². The van der Waals surface area contributed by atoms with Gasteiger partial charge in [-0.25, -0.2) is 0 Å². The van der Waals surface area contributed by atoms with Crippen LogP contribution in [-0.4, -0.2) is 0 Å². The van der Waals surface area contributed by atoms with Crippen molar-refractivity contribution >= 4 is 27.8 Å². The van der Waals surface area contributed by atoms with Gasteiger partial charge in [0.05, 0.1) is 0 Å². The van der Waals surface area contributed by atoms with E-state index in [-0.39, 0.29) is 5.41 Å². The summed E-state index contributed by atoms with van der Waals surface area (Å²) in [4.78, 5) is 0. The Morgan fingerprint density at radius 3 is 2.07 bits per heavy atom. The molecule has 0 amide bonds. The molecule has 0 saturated carbocycles. The summed E-state index contributed by atoms with van der Waals surface area (Å²) in [6, 6.07) is 16.4. The van der Waals surface area contributed by atoms with Crippen LogP contribution in [0.5, 0.6) is 0 Å². The van der Waals surface area contributed by atoms with Crippen molar-refractivity contribution in [2.24, 2.45) is 0 Å². The average molecular weight is 494 g/mol. The van der Waals surface area contributed by atoms with Gasteiger partial charge in [-0.1, -0.05) is 81.5 Å². The van der Waals surface area contributed by atoms with Gasteiger partial charge in [0.2, 0.25) is 0 Å². The predicted octanol–water partition coefficient (Wildman–Crippen LogP) is 9.03. The molecule has 0 aromatic heterocycles. The second-order valence-corrected chi connectivity index (χ2v) is 12.5. The van der Waals surface area contributed by atoms with E-state index in [9.17, 15) is 0 Å². The monoisotopic (exact) mass is 491 g/mol. The summed E-state index contributed by atoms with van der Waals surface area (Å²) in [5.41, 5.74) is 8.47. The van der Waals surface area contributed by atoms with Crippen LogP contribution in [0.3, 0.4) is 0 Å². The number of benzene rings is 2. The zero-order valence-corrected chi connectivity index (χ0v) is 22.1. The molecule has 0 bridgehead atoms. The Morgan fingerprint density at radius 2 is 1.57 bits per heavy atom. The molecule has 150 valence electrons. The van der Waals surface area contributed by atoms with Crippen molar-refractivity contribution in [1.29, 1.82) is 0 Å². The standard InChI is InChI=1S/C25H31.2ClH.Zr/c1-8-18(4)20-14-19-9-10-23(25(5,6)7)24(22(19)15-20)21-12-16(2)11-17(3)13-21;;;/h9-15,18H,8H2,1-7H3;2*1H;/q-1;;;+2/p-2. The molecule has 0 radical (unpaired) electrons. The Kier molecular flexibility index (Phi) is 8.51. The van der Waals surface area contributed by atoms with Crippen LogP contribution in [0.4, 0.5) is 0 Å². The van der Waals surface area contributed by atoms with Crippen LogP contribution in [0.15, 0.2) is 42.5 Å². The molecule has 3 heteroatoms. The molecule has 0 spiro atoms. The topological polar surface area (TPSA) is 0 Å². The number of hydrogen-bond acceptors (Lipinski definition) is 0. The van der Waals surface area contributed by atoms with Crippen LogP contribution in [0.1, 0.15) is 69.2 Å².